The van der Waals surface area contributed by atoms with Gasteiger partial charge in [0.2, 0.25) is 6.29 Å². The van der Waals surface area contributed by atoms with Crippen molar-refractivity contribution < 1.29 is 14.4 Å². The third kappa shape index (κ3) is 3.96. The summed E-state index contributed by atoms with van der Waals surface area (Å²) in [7, 11) is 0. The average molecular weight is 374 g/mol. The van der Waals surface area contributed by atoms with E-state index in [0.29, 0.717) is 11.1 Å². The first-order chi connectivity index (χ1) is 13.5. The fourth-order valence-electron chi connectivity index (χ4n) is 3.33. The Morgan fingerprint density at radius 1 is 1.18 bits per heavy atom. The molecule has 2 aromatic carbocycles. The molecule has 5 heteroatoms. The normalized spacial score (nSPS) is 13.9. The second kappa shape index (κ2) is 8.10. The number of hydrogen-bond donors (Lipinski definition) is 2. The third-order valence-corrected chi connectivity index (χ3v) is 5.12. The molecule has 1 aliphatic carbocycles. The van der Waals surface area contributed by atoms with E-state index in [4.69, 9.17) is 6.42 Å². The van der Waals surface area contributed by atoms with E-state index < -0.39 is 11.4 Å². The lowest BCUT2D eigenvalue weighted by atomic mass is 9.96. The van der Waals surface area contributed by atoms with Crippen molar-refractivity contribution >= 4 is 18.1 Å². The van der Waals surface area contributed by atoms with E-state index in [2.05, 4.69) is 23.5 Å². The number of rotatable bonds is 7. The summed E-state index contributed by atoms with van der Waals surface area (Å²) >= 11 is 0. The zero-order valence-corrected chi connectivity index (χ0v) is 15.7. The monoisotopic (exact) mass is 374 g/mol. The summed E-state index contributed by atoms with van der Waals surface area (Å²) in [6.45, 7) is 2.17. The molecule has 1 aliphatic rings. The second-order valence-electron chi connectivity index (χ2n) is 6.90. The number of benzene rings is 2. The minimum Gasteiger partial charge on any atom is -0.346 e. The van der Waals surface area contributed by atoms with Crippen molar-refractivity contribution in [1.29, 1.82) is 0 Å². The summed E-state index contributed by atoms with van der Waals surface area (Å²) in [5, 5.41) is 5.61. The summed E-state index contributed by atoms with van der Waals surface area (Å²) < 4.78 is 0. The number of carbonyl (C=O) groups is 3. The van der Waals surface area contributed by atoms with Crippen LogP contribution in [0.1, 0.15) is 52.4 Å². The Balaban J connectivity index is 1.81. The van der Waals surface area contributed by atoms with Crippen LogP contribution >= 0.6 is 0 Å². The molecule has 0 radical (unpaired) electrons. The van der Waals surface area contributed by atoms with Crippen LogP contribution in [-0.2, 0) is 28.1 Å². The van der Waals surface area contributed by atoms with Crippen molar-refractivity contribution in [3.05, 3.63) is 70.3 Å². The molecule has 0 bridgehead atoms. The minimum atomic E-state index is -0.716. The molecule has 3 rings (SSSR count). The van der Waals surface area contributed by atoms with Gasteiger partial charge in [-0.3, -0.25) is 14.4 Å². The number of nitrogens with one attached hydrogen (secondary N) is 2. The van der Waals surface area contributed by atoms with Crippen LogP contribution in [0.4, 0.5) is 0 Å². The van der Waals surface area contributed by atoms with Gasteiger partial charge in [-0.05, 0) is 48.1 Å². The largest absolute Gasteiger partial charge is 0.346 e. The van der Waals surface area contributed by atoms with E-state index in [1.807, 2.05) is 18.2 Å². The van der Waals surface area contributed by atoms with Gasteiger partial charge >= 0.3 is 0 Å². The van der Waals surface area contributed by atoms with Gasteiger partial charge < -0.3 is 10.6 Å². The Labute approximate surface area is 164 Å². The minimum absolute atomic E-state index is 0.112. The molecule has 0 aromatic heterocycles. The molecule has 142 valence electrons. The quantitative estimate of drug-likeness (QED) is 0.444. The number of amides is 2. The van der Waals surface area contributed by atoms with Gasteiger partial charge in [-0.2, -0.15) is 0 Å². The molecule has 0 aliphatic heterocycles. The number of aryl methyl sites for hydroxylation is 1. The highest BCUT2D eigenvalue weighted by Crippen LogP contribution is 2.46. The van der Waals surface area contributed by atoms with Gasteiger partial charge in [0.05, 0.1) is 5.54 Å². The number of carbonyl (C=O) groups excluding carboxylic acids is 3. The number of terminal acetylenes is 1. The van der Waals surface area contributed by atoms with Gasteiger partial charge in [0, 0.05) is 17.7 Å². The Bertz CT molecular complexity index is 968. The molecule has 0 spiro atoms. The van der Waals surface area contributed by atoms with Gasteiger partial charge in [-0.25, -0.2) is 0 Å². The summed E-state index contributed by atoms with van der Waals surface area (Å²) in [5.74, 6) is 1.80. The molecule has 0 saturated heterocycles. The van der Waals surface area contributed by atoms with Crippen molar-refractivity contribution in [3.63, 3.8) is 0 Å². The molecule has 0 unspecified atom stereocenters. The summed E-state index contributed by atoms with van der Waals surface area (Å²) in [4.78, 5) is 34.6. The van der Waals surface area contributed by atoms with Gasteiger partial charge in [0.15, 0.2) is 0 Å². The number of hydrogen-bond acceptors (Lipinski definition) is 3. The molecular formula is C23H22N2O3. The van der Waals surface area contributed by atoms with Crippen molar-refractivity contribution in [1.82, 2.24) is 10.6 Å². The van der Waals surface area contributed by atoms with E-state index >= 15 is 0 Å². The van der Waals surface area contributed by atoms with Crippen LogP contribution in [0.15, 0.2) is 42.5 Å². The fraction of sp³-hybridized carbons (Fsp3) is 0.261. The van der Waals surface area contributed by atoms with E-state index in [1.54, 1.807) is 24.3 Å². The summed E-state index contributed by atoms with van der Waals surface area (Å²) in [6.07, 6.45) is 8.41. The molecular weight excluding hydrogens is 352 g/mol. The third-order valence-electron chi connectivity index (χ3n) is 5.12. The molecule has 1 fully saturated rings. The summed E-state index contributed by atoms with van der Waals surface area (Å²) in [5.41, 5.74) is 3.70. The average Bonchev–Trinajstić information content (AvgIpc) is 3.52. The molecule has 28 heavy (non-hydrogen) atoms. The first-order valence-corrected chi connectivity index (χ1v) is 9.26. The number of aldehydes is 1. The Kier molecular flexibility index (Phi) is 5.60. The maximum Gasteiger partial charge on any atom is 0.284 e. The lowest BCUT2D eigenvalue weighted by Crippen LogP contribution is -2.36. The van der Waals surface area contributed by atoms with Crippen molar-refractivity contribution in [2.24, 2.45) is 0 Å². The van der Waals surface area contributed by atoms with E-state index in [9.17, 15) is 14.4 Å². The predicted molar refractivity (Wildman–Crippen MR) is 106 cm³/mol. The SMILES string of the molecule is C#Cc1cc(C2(NC(=O)c3ccccc3CNC(=O)C=O)CC2)ccc1CC. The lowest BCUT2D eigenvalue weighted by molar-refractivity contribution is -0.131. The first-order valence-electron chi connectivity index (χ1n) is 9.26. The van der Waals surface area contributed by atoms with Crippen LogP contribution in [0.2, 0.25) is 0 Å². The smallest absolute Gasteiger partial charge is 0.284 e. The predicted octanol–water partition coefficient (Wildman–Crippen LogP) is 2.46. The zero-order chi connectivity index (χ0) is 20.1. The van der Waals surface area contributed by atoms with Crippen molar-refractivity contribution in [2.45, 2.75) is 38.3 Å². The van der Waals surface area contributed by atoms with Gasteiger partial charge in [-0.1, -0.05) is 43.2 Å². The molecule has 0 atom stereocenters. The lowest BCUT2D eigenvalue weighted by Gasteiger charge is -2.20. The standard InChI is InChI=1S/C23H22N2O3/c1-3-16-9-10-19(13-17(16)4-2)23(11-12-23)25-22(28)20-8-6-5-7-18(20)14-24-21(27)15-26/h2,5-10,13,15H,3,11-12,14H2,1H3,(H,24,27)(H,25,28). The van der Waals surface area contributed by atoms with Crippen LogP contribution in [0.25, 0.3) is 0 Å². The van der Waals surface area contributed by atoms with Crippen molar-refractivity contribution in [3.8, 4) is 12.3 Å². The summed E-state index contributed by atoms with van der Waals surface area (Å²) in [6, 6.07) is 13.1. The Morgan fingerprint density at radius 2 is 1.93 bits per heavy atom. The van der Waals surface area contributed by atoms with Crippen LogP contribution in [0.3, 0.4) is 0 Å². The molecule has 2 N–H and O–H groups in total. The van der Waals surface area contributed by atoms with Crippen LogP contribution in [0.5, 0.6) is 0 Å². The highest BCUT2D eigenvalue weighted by molar-refractivity contribution is 6.23. The zero-order valence-electron chi connectivity index (χ0n) is 15.7. The highest BCUT2D eigenvalue weighted by Gasteiger charge is 2.46. The molecule has 2 amide bonds. The fourth-order valence-corrected chi connectivity index (χ4v) is 3.33. The van der Waals surface area contributed by atoms with Gasteiger partial charge in [0.25, 0.3) is 11.8 Å². The van der Waals surface area contributed by atoms with E-state index in [0.717, 1.165) is 36.0 Å². The molecule has 2 aromatic rings. The van der Waals surface area contributed by atoms with Gasteiger partial charge in [-0.15, -0.1) is 6.42 Å². The highest BCUT2D eigenvalue weighted by atomic mass is 16.2. The topological polar surface area (TPSA) is 75.3 Å². The van der Waals surface area contributed by atoms with Crippen LogP contribution < -0.4 is 10.6 Å². The van der Waals surface area contributed by atoms with E-state index in [1.165, 1.54) is 0 Å². The Morgan fingerprint density at radius 3 is 2.57 bits per heavy atom. The maximum absolute atomic E-state index is 13.0. The van der Waals surface area contributed by atoms with Gasteiger partial charge in [0.1, 0.15) is 0 Å². The van der Waals surface area contributed by atoms with Crippen LogP contribution in [0, 0.1) is 12.3 Å². The van der Waals surface area contributed by atoms with E-state index in [-0.39, 0.29) is 18.7 Å². The molecule has 0 heterocycles. The molecule has 1 saturated carbocycles. The Hall–Kier alpha value is -3.39. The van der Waals surface area contributed by atoms with Crippen molar-refractivity contribution in [2.75, 3.05) is 0 Å². The molecule has 5 nitrogen and oxygen atoms in total. The first kappa shape index (κ1) is 19.4. The van der Waals surface area contributed by atoms with Crippen LogP contribution in [-0.4, -0.2) is 18.1 Å². The second-order valence-corrected chi connectivity index (χ2v) is 6.90. The maximum atomic E-state index is 13.0.